The summed E-state index contributed by atoms with van der Waals surface area (Å²) in [5.41, 5.74) is 1.10. The number of H-pyrrole nitrogens is 1. The van der Waals surface area contributed by atoms with Crippen LogP contribution in [0.1, 0.15) is 26.3 Å². The molecule has 0 saturated carbocycles. The summed E-state index contributed by atoms with van der Waals surface area (Å²) in [6, 6.07) is 4.68. The first-order chi connectivity index (χ1) is 11.6. The fourth-order valence-electron chi connectivity index (χ4n) is 2.51. The van der Waals surface area contributed by atoms with E-state index in [4.69, 9.17) is 21.1 Å². The number of halogens is 1. The van der Waals surface area contributed by atoms with Gasteiger partial charge in [0.1, 0.15) is 11.6 Å². The molecule has 0 fully saturated rings. The lowest BCUT2D eigenvalue weighted by Gasteiger charge is -2.29. The lowest BCUT2D eigenvalue weighted by Crippen LogP contribution is -2.46. The Labute approximate surface area is 152 Å². The van der Waals surface area contributed by atoms with Crippen LogP contribution in [0.25, 0.3) is 10.9 Å². The van der Waals surface area contributed by atoms with Gasteiger partial charge in [0.05, 0.1) is 7.11 Å². The Kier molecular flexibility index (Phi) is 5.62. The summed E-state index contributed by atoms with van der Waals surface area (Å²) in [7, 11) is 2.83. The van der Waals surface area contributed by atoms with E-state index in [0.29, 0.717) is 11.4 Å². The highest BCUT2D eigenvalue weighted by atomic mass is 35.5. The Morgan fingerprint density at radius 1 is 1.32 bits per heavy atom. The Morgan fingerprint density at radius 2 is 2.00 bits per heavy atom. The number of aromatic amines is 1. The van der Waals surface area contributed by atoms with Gasteiger partial charge in [-0.2, -0.15) is 0 Å². The number of rotatable bonds is 4. The van der Waals surface area contributed by atoms with Crippen LogP contribution in [0.4, 0.5) is 4.79 Å². The van der Waals surface area contributed by atoms with Crippen molar-refractivity contribution in [2.75, 3.05) is 14.2 Å². The average Bonchev–Trinajstić information content (AvgIpc) is 2.91. The minimum absolute atomic E-state index is 0.296. The lowest BCUT2D eigenvalue weighted by molar-refractivity contribution is -0.146. The van der Waals surface area contributed by atoms with Gasteiger partial charge in [-0.15, -0.1) is 0 Å². The fraction of sp³-hybridized carbons (Fsp3) is 0.444. The number of carbonyl (C=O) groups is 2. The largest absolute Gasteiger partial charge is 0.467 e. The average molecular weight is 367 g/mol. The van der Waals surface area contributed by atoms with E-state index in [2.05, 4.69) is 4.98 Å². The number of hydrogen-bond acceptors (Lipinski definition) is 4. The van der Waals surface area contributed by atoms with Gasteiger partial charge >= 0.3 is 12.1 Å². The molecule has 1 amide bonds. The maximum Gasteiger partial charge on any atom is 0.410 e. The summed E-state index contributed by atoms with van der Waals surface area (Å²) >= 11 is 6.00. The molecular formula is C18H23ClN2O4. The van der Waals surface area contributed by atoms with Crippen molar-refractivity contribution in [1.29, 1.82) is 0 Å². The Hall–Kier alpha value is -2.21. The summed E-state index contributed by atoms with van der Waals surface area (Å²) in [5.74, 6) is -0.503. The van der Waals surface area contributed by atoms with Crippen LogP contribution in [0.3, 0.4) is 0 Å². The van der Waals surface area contributed by atoms with Crippen molar-refractivity contribution < 1.29 is 19.1 Å². The molecule has 2 rings (SSSR count). The molecule has 25 heavy (non-hydrogen) atoms. The van der Waals surface area contributed by atoms with E-state index in [0.717, 1.165) is 16.5 Å². The zero-order valence-electron chi connectivity index (χ0n) is 15.1. The minimum atomic E-state index is -0.797. The summed E-state index contributed by atoms with van der Waals surface area (Å²) in [5, 5.41) is 1.56. The third kappa shape index (κ3) is 4.66. The van der Waals surface area contributed by atoms with Gasteiger partial charge in [0, 0.05) is 35.6 Å². The molecule has 1 atom stereocenters. The fourth-order valence-corrected chi connectivity index (χ4v) is 2.68. The van der Waals surface area contributed by atoms with Gasteiger partial charge in [0.2, 0.25) is 0 Å². The standard InChI is InChI=1S/C18H23ClN2O4/c1-18(2,3)25-17(23)21(4)15(16(22)24-5)8-11-10-20-14-9-12(19)6-7-13(11)14/h6-7,9-10,15,20H,8H2,1-5H3/t15-/m1/s1. The van der Waals surface area contributed by atoms with Crippen molar-refractivity contribution in [2.45, 2.75) is 38.8 Å². The molecule has 6 nitrogen and oxygen atoms in total. The normalized spacial score (nSPS) is 12.7. The monoisotopic (exact) mass is 366 g/mol. The van der Waals surface area contributed by atoms with Crippen LogP contribution in [-0.4, -0.2) is 47.7 Å². The van der Waals surface area contributed by atoms with E-state index in [1.807, 2.05) is 12.1 Å². The molecule has 0 bridgehead atoms. The predicted octanol–water partition coefficient (Wildman–Crippen LogP) is 3.77. The van der Waals surface area contributed by atoms with Crippen molar-refractivity contribution in [1.82, 2.24) is 9.88 Å². The number of nitrogens with zero attached hydrogens (tertiary/aromatic N) is 1. The highest BCUT2D eigenvalue weighted by Gasteiger charge is 2.31. The highest BCUT2D eigenvalue weighted by molar-refractivity contribution is 6.31. The SMILES string of the molecule is COC(=O)[C@@H](Cc1c[nH]c2cc(Cl)ccc12)N(C)C(=O)OC(C)(C)C. The van der Waals surface area contributed by atoms with Gasteiger partial charge in [-0.25, -0.2) is 9.59 Å². The minimum Gasteiger partial charge on any atom is -0.467 e. The van der Waals surface area contributed by atoms with Crippen molar-refractivity contribution in [3.8, 4) is 0 Å². The second-order valence-corrected chi connectivity index (χ2v) is 7.27. The second-order valence-electron chi connectivity index (χ2n) is 6.84. The molecule has 0 radical (unpaired) electrons. The number of benzene rings is 1. The molecule has 136 valence electrons. The molecule has 0 saturated heterocycles. The number of esters is 1. The Morgan fingerprint density at radius 3 is 2.60 bits per heavy atom. The third-order valence-electron chi connectivity index (χ3n) is 3.76. The van der Waals surface area contributed by atoms with Gasteiger partial charge in [0.15, 0.2) is 0 Å². The van der Waals surface area contributed by atoms with Crippen molar-refractivity contribution >= 4 is 34.6 Å². The van der Waals surface area contributed by atoms with E-state index in [-0.39, 0.29) is 0 Å². The van der Waals surface area contributed by atoms with Gasteiger partial charge in [-0.1, -0.05) is 17.7 Å². The van der Waals surface area contributed by atoms with Gasteiger partial charge < -0.3 is 14.5 Å². The first kappa shape index (κ1) is 19.1. The molecular weight excluding hydrogens is 344 g/mol. The van der Waals surface area contributed by atoms with Gasteiger partial charge in [-0.05, 0) is 38.5 Å². The number of amides is 1. The van der Waals surface area contributed by atoms with Crippen LogP contribution >= 0.6 is 11.6 Å². The zero-order valence-corrected chi connectivity index (χ0v) is 15.8. The number of fused-ring (bicyclic) bond motifs is 1. The van der Waals surface area contributed by atoms with Crippen LogP contribution in [0.15, 0.2) is 24.4 Å². The van der Waals surface area contributed by atoms with Crippen LogP contribution in [0, 0.1) is 0 Å². The zero-order chi connectivity index (χ0) is 18.8. The van der Waals surface area contributed by atoms with Crippen LogP contribution in [0.2, 0.25) is 5.02 Å². The molecule has 7 heteroatoms. The molecule has 1 aromatic carbocycles. The first-order valence-corrected chi connectivity index (χ1v) is 8.29. The smallest absolute Gasteiger partial charge is 0.410 e. The maximum absolute atomic E-state index is 12.3. The third-order valence-corrected chi connectivity index (χ3v) is 4.00. The molecule has 0 unspecified atom stereocenters. The molecule has 0 spiro atoms. The molecule has 1 N–H and O–H groups in total. The number of likely N-dealkylation sites (N-methyl/N-ethyl adjacent to an activating group) is 1. The quantitative estimate of drug-likeness (QED) is 0.836. The van der Waals surface area contributed by atoms with E-state index in [1.165, 1.54) is 19.1 Å². The lowest BCUT2D eigenvalue weighted by atomic mass is 10.0. The Balaban J connectivity index is 2.28. The summed E-state index contributed by atoms with van der Waals surface area (Å²) in [6.45, 7) is 5.32. The van der Waals surface area contributed by atoms with Gasteiger partial charge in [-0.3, -0.25) is 4.90 Å². The van der Waals surface area contributed by atoms with Crippen LogP contribution < -0.4 is 0 Å². The predicted molar refractivity (Wildman–Crippen MR) is 96.8 cm³/mol. The molecule has 0 aliphatic carbocycles. The van der Waals surface area contributed by atoms with Crippen molar-refractivity contribution in [3.63, 3.8) is 0 Å². The summed E-state index contributed by atoms with van der Waals surface area (Å²) in [4.78, 5) is 29.0. The van der Waals surface area contributed by atoms with Crippen molar-refractivity contribution in [3.05, 3.63) is 35.0 Å². The molecule has 2 aromatic rings. The number of carbonyl (C=O) groups excluding carboxylic acids is 2. The van der Waals surface area contributed by atoms with Crippen molar-refractivity contribution in [2.24, 2.45) is 0 Å². The van der Waals surface area contributed by atoms with E-state index in [1.54, 1.807) is 33.0 Å². The van der Waals surface area contributed by atoms with E-state index in [9.17, 15) is 9.59 Å². The molecule has 1 heterocycles. The number of ether oxygens (including phenoxy) is 2. The first-order valence-electron chi connectivity index (χ1n) is 7.91. The van der Waals surface area contributed by atoms with E-state index >= 15 is 0 Å². The Bertz CT molecular complexity index is 779. The van der Waals surface area contributed by atoms with Crippen LogP contribution in [0.5, 0.6) is 0 Å². The summed E-state index contributed by atoms with van der Waals surface area (Å²) < 4.78 is 10.2. The number of methoxy groups -OCH3 is 1. The number of hydrogen-bond donors (Lipinski definition) is 1. The second kappa shape index (κ2) is 7.35. The number of nitrogens with one attached hydrogen (secondary N) is 1. The number of aromatic nitrogens is 1. The van der Waals surface area contributed by atoms with E-state index < -0.39 is 23.7 Å². The topological polar surface area (TPSA) is 71.6 Å². The molecule has 1 aromatic heterocycles. The maximum atomic E-state index is 12.3. The van der Waals surface area contributed by atoms with Gasteiger partial charge in [0.25, 0.3) is 0 Å². The summed E-state index contributed by atoms with van der Waals surface area (Å²) in [6.07, 6.45) is 1.52. The molecule has 0 aliphatic heterocycles. The molecule has 0 aliphatic rings. The highest BCUT2D eigenvalue weighted by Crippen LogP contribution is 2.24. The van der Waals surface area contributed by atoms with Crippen LogP contribution in [-0.2, 0) is 20.7 Å².